The van der Waals surface area contributed by atoms with E-state index in [0.717, 1.165) is 16.5 Å². The van der Waals surface area contributed by atoms with Gasteiger partial charge in [-0.3, -0.25) is 0 Å². The maximum Gasteiger partial charge on any atom is 0.354 e. The minimum Gasteiger partial charge on any atom is -0.477 e. The number of aryl methyl sites for hydroxylation is 2. The zero-order valence-corrected chi connectivity index (χ0v) is 9.67. The van der Waals surface area contributed by atoms with E-state index >= 15 is 0 Å². The number of benzene rings is 1. The maximum atomic E-state index is 10.9. The number of carbonyl (C=O) groups is 1. The summed E-state index contributed by atoms with van der Waals surface area (Å²) in [4.78, 5) is 15.0. The fourth-order valence-corrected chi connectivity index (χ4v) is 1.85. The number of pyridine rings is 1. The molecule has 0 aliphatic carbocycles. The summed E-state index contributed by atoms with van der Waals surface area (Å²) in [6, 6.07) is 5.19. The second-order valence-electron chi connectivity index (χ2n) is 3.70. The van der Waals surface area contributed by atoms with Crippen molar-refractivity contribution in [2.45, 2.75) is 13.8 Å². The lowest BCUT2D eigenvalue weighted by Gasteiger charge is -2.07. The average Bonchev–Trinajstić information content (AvgIpc) is 2.23. The molecule has 0 atom stereocenters. The van der Waals surface area contributed by atoms with Gasteiger partial charge in [0.15, 0.2) is 0 Å². The topological polar surface area (TPSA) is 50.2 Å². The summed E-state index contributed by atoms with van der Waals surface area (Å²) in [5.41, 5.74) is 2.66. The Hall–Kier alpha value is -1.61. The van der Waals surface area contributed by atoms with Gasteiger partial charge in [0.25, 0.3) is 0 Å². The van der Waals surface area contributed by atoms with Gasteiger partial charge in [-0.15, -0.1) is 0 Å². The lowest BCUT2D eigenvalue weighted by molar-refractivity contribution is 0.0691. The van der Waals surface area contributed by atoms with E-state index in [2.05, 4.69) is 4.98 Å². The Morgan fingerprint density at radius 3 is 2.69 bits per heavy atom. The second kappa shape index (κ2) is 3.76. The van der Waals surface area contributed by atoms with Crippen LogP contribution in [0.5, 0.6) is 0 Å². The number of aromatic nitrogens is 1. The Labute approximate surface area is 97.7 Å². The van der Waals surface area contributed by atoms with Crippen LogP contribution >= 0.6 is 11.6 Å². The van der Waals surface area contributed by atoms with Crippen LogP contribution in [0.2, 0.25) is 5.02 Å². The number of hydrogen-bond acceptors (Lipinski definition) is 2. The second-order valence-corrected chi connectivity index (χ2v) is 4.11. The van der Waals surface area contributed by atoms with Crippen LogP contribution in [-0.4, -0.2) is 16.1 Å². The quantitative estimate of drug-likeness (QED) is 0.826. The molecular weight excluding hydrogens is 226 g/mol. The van der Waals surface area contributed by atoms with Gasteiger partial charge in [0.05, 0.1) is 10.5 Å². The standard InChI is InChI=1S/C12H10ClNO2/c1-6-3-4-8-9(13)5-10(12(15)16)14-11(8)7(6)2/h3-5H,1-2H3,(H,15,16). The number of carboxylic acid groups (broad SMARTS) is 1. The van der Waals surface area contributed by atoms with Gasteiger partial charge in [-0.05, 0) is 31.0 Å². The SMILES string of the molecule is Cc1ccc2c(Cl)cc(C(=O)O)nc2c1C. The highest BCUT2D eigenvalue weighted by Crippen LogP contribution is 2.27. The smallest absolute Gasteiger partial charge is 0.354 e. The molecule has 1 heterocycles. The number of nitrogens with zero attached hydrogens (tertiary/aromatic N) is 1. The lowest BCUT2D eigenvalue weighted by Crippen LogP contribution is -2.01. The van der Waals surface area contributed by atoms with Crippen molar-refractivity contribution in [1.82, 2.24) is 4.98 Å². The molecule has 0 aliphatic heterocycles. The first-order valence-electron chi connectivity index (χ1n) is 4.80. The Kier molecular flexibility index (Phi) is 2.56. The summed E-state index contributed by atoms with van der Waals surface area (Å²) in [6.45, 7) is 3.87. The lowest BCUT2D eigenvalue weighted by atomic mass is 10.1. The van der Waals surface area contributed by atoms with Crippen LogP contribution in [0, 0.1) is 13.8 Å². The van der Waals surface area contributed by atoms with Crippen molar-refractivity contribution in [3.63, 3.8) is 0 Å². The van der Waals surface area contributed by atoms with Crippen LogP contribution in [0.1, 0.15) is 21.6 Å². The number of rotatable bonds is 1. The number of fused-ring (bicyclic) bond motifs is 1. The molecule has 0 aliphatic rings. The molecule has 82 valence electrons. The monoisotopic (exact) mass is 235 g/mol. The number of aromatic carboxylic acids is 1. The largest absolute Gasteiger partial charge is 0.477 e. The molecular formula is C12H10ClNO2. The van der Waals surface area contributed by atoms with Crippen molar-refractivity contribution in [2.75, 3.05) is 0 Å². The fourth-order valence-electron chi connectivity index (χ4n) is 1.60. The van der Waals surface area contributed by atoms with Crippen molar-refractivity contribution in [2.24, 2.45) is 0 Å². The van der Waals surface area contributed by atoms with E-state index < -0.39 is 5.97 Å². The molecule has 1 aromatic heterocycles. The third kappa shape index (κ3) is 1.63. The minimum atomic E-state index is -1.07. The predicted molar refractivity (Wildman–Crippen MR) is 63.2 cm³/mol. The van der Waals surface area contributed by atoms with Gasteiger partial charge in [-0.1, -0.05) is 23.7 Å². The summed E-state index contributed by atoms with van der Waals surface area (Å²) < 4.78 is 0. The highest BCUT2D eigenvalue weighted by Gasteiger charge is 2.11. The third-order valence-electron chi connectivity index (χ3n) is 2.67. The molecule has 1 N–H and O–H groups in total. The maximum absolute atomic E-state index is 10.9. The number of carboxylic acids is 1. The van der Waals surface area contributed by atoms with Crippen molar-refractivity contribution in [3.05, 3.63) is 40.0 Å². The molecule has 1 aromatic carbocycles. The van der Waals surface area contributed by atoms with Gasteiger partial charge in [0.2, 0.25) is 0 Å². The molecule has 2 aromatic rings. The molecule has 0 unspecified atom stereocenters. The molecule has 0 amide bonds. The molecule has 0 radical (unpaired) electrons. The summed E-state index contributed by atoms with van der Waals surface area (Å²) in [5, 5.41) is 10.1. The normalized spacial score (nSPS) is 10.7. The van der Waals surface area contributed by atoms with Crippen molar-refractivity contribution in [3.8, 4) is 0 Å². The van der Waals surface area contributed by atoms with Gasteiger partial charge in [-0.25, -0.2) is 9.78 Å². The van der Waals surface area contributed by atoms with E-state index in [1.807, 2.05) is 26.0 Å². The van der Waals surface area contributed by atoms with E-state index in [-0.39, 0.29) is 5.69 Å². The first-order chi connectivity index (χ1) is 7.50. The van der Waals surface area contributed by atoms with E-state index in [9.17, 15) is 4.79 Å². The Morgan fingerprint density at radius 2 is 2.06 bits per heavy atom. The molecule has 16 heavy (non-hydrogen) atoms. The molecule has 0 fully saturated rings. The van der Waals surface area contributed by atoms with Crippen molar-refractivity contribution < 1.29 is 9.90 Å². The minimum absolute atomic E-state index is 0.0220. The van der Waals surface area contributed by atoms with Gasteiger partial charge < -0.3 is 5.11 Å². The van der Waals surface area contributed by atoms with Crippen LogP contribution < -0.4 is 0 Å². The molecule has 0 spiro atoms. The first-order valence-corrected chi connectivity index (χ1v) is 5.18. The molecule has 0 bridgehead atoms. The zero-order chi connectivity index (χ0) is 11.9. The summed E-state index contributed by atoms with van der Waals surface area (Å²) in [7, 11) is 0. The summed E-state index contributed by atoms with van der Waals surface area (Å²) >= 11 is 6.03. The van der Waals surface area contributed by atoms with Gasteiger partial charge in [0, 0.05) is 5.39 Å². The fraction of sp³-hybridized carbons (Fsp3) is 0.167. The van der Waals surface area contributed by atoms with E-state index in [4.69, 9.17) is 16.7 Å². The Balaban J connectivity index is 2.88. The molecule has 0 saturated heterocycles. The Morgan fingerprint density at radius 1 is 1.38 bits per heavy atom. The van der Waals surface area contributed by atoms with Crippen LogP contribution in [-0.2, 0) is 0 Å². The van der Waals surface area contributed by atoms with Crippen LogP contribution in [0.15, 0.2) is 18.2 Å². The number of hydrogen-bond donors (Lipinski definition) is 1. The summed E-state index contributed by atoms with van der Waals surface area (Å²) in [5.74, 6) is -1.07. The van der Waals surface area contributed by atoms with Gasteiger partial charge in [0.1, 0.15) is 5.69 Å². The van der Waals surface area contributed by atoms with Crippen LogP contribution in [0.3, 0.4) is 0 Å². The third-order valence-corrected chi connectivity index (χ3v) is 2.99. The highest BCUT2D eigenvalue weighted by atomic mass is 35.5. The molecule has 3 nitrogen and oxygen atoms in total. The molecule has 0 saturated carbocycles. The number of halogens is 1. The van der Waals surface area contributed by atoms with Gasteiger partial charge in [-0.2, -0.15) is 0 Å². The van der Waals surface area contributed by atoms with E-state index in [1.54, 1.807) is 0 Å². The van der Waals surface area contributed by atoms with E-state index in [0.29, 0.717) is 10.5 Å². The van der Waals surface area contributed by atoms with E-state index in [1.165, 1.54) is 6.07 Å². The summed E-state index contributed by atoms with van der Waals surface area (Å²) in [6.07, 6.45) is 0. The first kappa shape index (κ1) is 10.9. The van der Waals surface area contributed by atoms with Crippen LogP contribution in [0.4, 0.5) is 0 Å². The van der Waals surface area contributed by atoms with Crippen molar-refractivity contribution in [1.29, 1.82) is 0 Å². The average molecular weight is 236 g/mol. The molecule has 2 rings (SSSR count). The molecule has 4 heteroatoms. The van der Waals surface area contributed by atoms with Gasteiger partial charge >= 0.3 is 5.97 Å². The highest BCUT2D eigenvalue weighted by molar-refractivity contribution is 6.35. The Bertz CT molecular complexity index is 593. The zero-order valence-electron chi connectivity index (χ0n) is 8.91. The predicted octanol–water partition coefficient (Wildman–Crippen LogP) is 3.20. The van der Waals surface area contributed by atoms with Crippen molar-refractivity contribution >= 4 is 28.5 Å². The van der Waals surface area contributed by atoms with Crippen LogP contribution in [0.25, 0.3) is 10.9 Å².